The van der Waals surface area contributed by atoms with Gasteiger partial charge in [0.05, 0.1) is 18.6 Å². The summed E-state index contributed by atoms with van der Waals surface area (Å²) in [5.41, 5.74) is 2.32. The molecule has 2 saturated heterocycles. The third kappa shape index (κ3) is 4.30. The Balaban J connectivity index is 1.13. The summed E-state index contributed by atoms with van der Waals surface area (Å²) in [6.45, 7) is 5.78. The first-order valence-corrected chi connectivity index (χ1v) is 11.9. The van der Waals surface area contributed by atoms with Gasteiger partial charge in [-0.05, 0) is 30.3 Å². The number of rotatable bonds is 4. The molecule has 9 nitrogen and oxygen atoms in total. The average Bonchev–Trinajstić information content (AvgIpc) is 3.37. The van der Waals surface area contributed by atoms with E-state index in [0.717, 1.165) is 54.4 Å². The van der Waals surface area contributed by atoms with Gasteiger partial charge in [0.15, 0.2) is 17.4 Å². The maximum Gasteiger partial charge on any atom is 0.254 e. The van der Waals surface area contributed by atoms with Crippen LogP contribution in [0.25, 0.3) is 22.2 Å². The normalized spacial score (nSPS) is 16.6. The fourth-order valence-electron chi connectivity index (χ4n) is 4.64. The van der Waals surface area contributed by atoms with Crippen molar-refractivity contribution >= 4 is 28.4 Å². The number of benzene rings is 2. The van der Waals surface area contributed by atoms with Gasteiger partial charge in [0.25, 0.3) is 5.91 Å². The number of hydrogen-bond donors (Lipinski definition) is 0. The van der Waals surface area contributed by atoms with Gasteiger partial charge in [-0.3, -0.25) is 4.79 Å². The van der Waals surface area contributed by atoms with E-state index in [1.807, 2.05) is 65.6 Å². The van der Waals surface area contributed by atoms with E-state index in [1.54, 1.807) is 0 Å². The van der Waals surface area contributed by atoms with Gasteiger partial charge in [-0.15, -0.1) is 10.2 Å². The minimum absolute atomic E-state index is 0.0144. The second-order valence-electron chi connectivity index (χ2n) is 8.74. The number of hydrogen-bond acceptors (Lipinski definition) is 8. The number of fused-ring (bicyclic) bond motifs is 1. The molecule has 4 aromatic rings. The number of piperazine rings is 1. The van der Waals surface area contributed by atoms with Crippen LogP contribution < -0.4 is 9.80 Å². The molecule has 0 aliphatic carbocycles. The molecule has 0 saturated carbocycles. The first-order valence-electron chi connectivity index (χ1n) is 11.9. The van der Waals surface area contributed by atoms with Crippen molar-refractivity contribution in [1.29, 1.82) is 0 Å². The Labute approximate surface area is 202 Å². The lowest BCUT2D eigenvalue weighted by Crippen LogP contribution is -2.49. The summed E-state index contributed by atoms with van der Waals surface area (Å²) >= 11 is 0. The molecule has 0 spiro atoms. The number of ether oxygens (including phenoxy) is 1. The van der Waals surface area contributed by atoms with Crippen LogP contribution in [0.2, 0.25) is 0 Å². The standard InChI is InChI=1S/C26H26N6O3/c33-26(20-6-7-22-21(18-20)25(35-29-22)19-4-2-1-3-5-19)32-12-10-30(11-13-32)23-8-9-24(28-27-23)31-14-16-34-17-15-31/h1-9,18H,10-17H2. The molecule has 9 heteroatoms. The van der Waals surface area contributed by atoms with Crippen molar-refractivity contribution in [2.45, 2.75) is 0 Å². The van der Waals surface area contributed by atoms with Crippen molar-refractivity contribution in [1.82, 2.24) is 20.3 Å². The first kappa shape index (κ1) is 21.5. The maximum absolute atomic E-state index is 13.3. The van der Waals surface area contributed by atoms with Gasteiger partial charge in [-0.2, -0.15) is 0 Å². The summed E-state index contributed by atoms with van der Waals surface area (Å²) in [5, 5.41) is 13.9. The zero-order valence-corrected chi connectivity index (χ0v) is 19.3. The summed E-state index contributed by atoms with van der Waals surface area (Å²) in [6.07, 6.45) is 0. The van der Waals surface area contributed by atoms with E-state index in [4.69, 9.17) is 9.26 Å². The molecular formula is C26H26N6O3. The molecule has 1 amide bonds. The smallest absolute Gasteiger partial charge is 0.254 e. The zero-order chi connectivity index (χ0) is 23.6. The highest BCUT2D eigenvalue weighted by Crippen LogP contribution is 2.29. The predicted octanol–water partition coefficient (Wildman–Crippen LogP) is 3.08. The Kier molecular flexibility index (Phi) is 5.75. The fourth-order valence-corrected chi connectivity index (χ4v) is 4.64. The van der Waals surface area contributed by atoms with E-state index in [-0.39, 0.29) is 5.91 Å². The van der Waals surface area contributed by atoms with Crippen LogP contribution in [0.3, 0.4) is 0 Å². The lowest BCUT2D eigenvalue weighted by molar-refractivity contribution is 0.0746. The number of aromatic nitrogens is 3. The van der Waals surface area contributed by atoms with E-state index < -0.39 is 0 Å². The SMILES string of the molecule is O=C(c1ccc2noc(-c3ccccc3)c2c1)N1CCN(c2ccc(N3CCOCC3)nn2)CC1. The van der Waals surface area contributed by atoms with Crippen LogP contribution in [0.4, 0.5) is 11.6 Å². The van der Waals surface area contributed by atoms with Crippen molar-refractivity contribution in [3.8, 4) is 11.3 Å². The van der Waals surface area contributed by atoms with Gasteiger partial charge < -0.3 is 24.0 Å². The minimum atomic E-state index is 0.0144. The third-order valence-electron chi connectivity index (χ3n) is 6.62. The van der Waals surface area contributed by atoms with Crippen molar-refractivity contribution in [3.05, 3.63) is 66.2 Å². The molecule has 0 radical (unpaired) electrons. The number of amides is 1. The summed E-state index contributed by atoms with van der Waals surface area (Å²) in [5.74, 6) is 2.41. The first-order chi connectivity index (χ1) is 17.3. The molecule has 2 aromatic carbocycles. The quantitative estimate of drug-likeness (QED) is 0.450. The van der Waals surface area contributed by atoms with Crippen LogP contribution >= 0.6 is 0 Å². The lowest BCUT2D eigenvalue weighted by atomic mass is 10.1. The minimum Gasteiger partial charge on any atom is -0.378 e. The molecule has 0 bridgehead atoms. The van der Waals surface area contributed by atoms with Crippen LogP contribution in [0.5, 0.6) is 0 Å². The lowest BCUT2D eigenvalue weighted by Gasteiger charge is -2.35. The molecule has 4 heterocycles. The van der Waals surface area contributed by atoms with Crippen LogP contribution in [0.1, 0.15) is 10.4 Å². The molecule has 6 rings (SSSR count). The van der Waals surface area contributed by atoms with Gasteiger partial charge in [-0.25, -0.2) is 0 Å². The summed E-state index contributed by atoms with van der Waals surface area (Å²) in [7, 11) is 0. The van der Waals surface area contributed by atoms with Crippen LogP contribution in [-0.4, -0.2) is 78.6 Å². The number of anilines is 2. The molecule has 0 N–H and O–H groups in total. The molecule has 35 heavy (non-hydrogen) atoms. The van der Waals surface area contributed by atoms with E-state index >= 15 is 0 Å². The van der Waals surface area contributed by atoms with Gasteiger partial charge in [-0.1, -0.05) is 35.5 Å². The Morgan fingerprint density at radius 3 is 2.14 bits per heavy atom. The molecule has 0 unspecified atom stereocenters. The van der Waals surface area contributed by atoms with Gasteiger partial charge >= 0.3 is 0 Å². The van der Waals surface area contributed by atoms with Crippen molar-refractivity contribution < 1.29 is 14.1 Å². The molecule has 2 fully saturated rings. The molecule has 2 aromatic heterocycles. The summed E-state index contributed by atoms with van der Waals surface area (Å²) < 4.78 is 11.0. The molecule has 2 aliphatic heterocycles. The Bertz CT molecular complexity index is 1310. The largest absolute Gasteiger partial charge is 0.378 e. The average molecular weight is 471 g/mol. The Morgan fingerprint density at radius 1 is 0.771 bits per heavy atom. The summed E-state index contributed by atoms with van der Waals surface area (Å²) in [6, 6.07) is 19.4. The summed E-state index contributed by atoms with van der Waals surface area (Å²) in [4.78, 5) is 19.5. The molecule has 178 valence electrons. The van der Waals surface area contributed by atoms with E-state index in [2.05, 4.69) is 25.2 Å². The van der Waals surface area contributed by atoms with Crippen LogP contribution in [0, 0.1) is 0 Å². The van der Waals surface area contributed by atoms with E-state index in [9.17, 15) is 4.79 Å². The van der Waals surface area contributed by atoms with Crippen LogP contribution in [0.15, 0.2) is 65.2 Å². The van der Waals surface area contributed by atoms with Crippen molar-refractivity contribution in [2.24, 2.45) is 0 Å². The topological polar surface area (TPSA) is 87.8 Å². The van der Waals surface area contributed by atoms with Crippen molar-refractivity contribution in [3.63, 3.8) is 0 Å². The third-order valence-corrected chi connectivity index (χ3v) is 6.62. The molecular weight excluding hydrogens is 444 g/mol. The highest BCUT2D eigenvalue weighted by atomic mass is 16.5. The fraction of sp³-hybridized carbons (Fsp3) is 0.308. The molecule has 0 atom stereocenters. The molecule has 2 aliphatic rings. The van der Waals surface area contributed by atoms with E-state index in [0.29, 0.717) is 37.5 Å². The number of carbonyl (C=O) groups is 1. The zero-order valence-electron chi connectivity index (χ0n) is 19.3. The van der Waals surface area contributed by atoms with Gasteiger partial charge in [0.1, 0.15) is 5.52 Å². The van der Waals surface area contributed by atoms with Crippen LogP contribution in [-0.2, 0) is 4.74 Å². The highest BCUT2D eigenvalue weighted by Gasteiger charge is 2.24. The van der Waals surface area contributed by atoms with Gasteiger partial charge in [0.2, 0.25) is 0 Å². The monoisotopic (exact) mass is 470 g/mol. The second-order valence-corrected chi connectivity index (χ2v) is 8.74. The van der Waals surface area contributed by atoms with Crippen molar-refractivity contribution in [2.75, 3.05) is 62.3 Å². The Hall–Kier alpha value is -3.98. The predicted molar refractivity (Wildman–Crippen MR) is 133 cm³/mol. The Morgan fingerprint density at radius 2 is 1.46 bits per heavy atom. The number of nitrogens with zero attached hydrogens (tertiary/aromatic N) is 6. The van der Waals surface area contributed by atoms with E-state index in [1.165, 1.54) is 0 Å². The van der Waals surface area contributed by atoms with Gasteiger partial charge in [0, 0.05) is 50.4 Å². The number of morpholine rings is 1. The maximum atomic E-state index is 13.3. The second kappa shape index (κ2) is 9.34. The highest BCUT2D eigenvalue weighted by molar-refractivity contribution is 6.01. The number of carbonyl (C=O) groups excluding carboxylic acids is 1.